The SMILES string of the molecule is CCCCCCCCCCCCCOCCC(=O)O. The van der Waals surface area contributed by atoms with Gasteiger partial charge in [-0.3, -0.25) is 4.79 Å². The van der Waals surface area contributed by atoms with Crippen molar-refractivity contribution < 1.29 is 14.6 Å². The predicted molar refractivity (Wildman–Crippen MR) is 79.5 cm³/mol. The molecular weight excluding hydrogens is 240 g/mol. The van der Waals surface area contributed by atoms with E-state index < -0.39 is 5.97 Å². The zero-order valence-corrected chi connectivity index (χ0v) is 12.7. The molecule has 19 heavy (non-hydrogen) atoms. The van der Waals surface area contributed by atoms with Crippen molar-refractivity contribution in [1.29, 1.82) is 0 Å². The van der Waals surface area contributed by atoms with Crippen LogP contribution in [0, 0.1) is 0 Å². The van der Waals surface area contributed by atoms with Crippen molar-refractivity contribution in [1.82, 2.24) is 0 Å². The lowest BCUT2D eigenvalue weighted by atomic mass is 10.1. The standard InChI is InChI=1S/C16H32O3/c1-2-3-4-5-6-7-8-9-10-11-12-14-19-15-13-16(17)18/h2-15H2,1H3,(H,17,18). The monoisotopic (exact) mass is 272 g/mol. The molecule has 0 aromatic carbocycles. The molecule has 0 unspecified atom stereocenters. The topological polar surface area (TPSA) is 46.5 Å². The van der Waals surface area contributed by atoms with Crippen LogP contribution in [-0.4, -0.2) is 24.3 Å². The van der Waals surface area contributed by atoms with Crippen LogP contribution in [0.2, 0.25) is 0 Å². The Kier molecular flexibility index (Phi) is 15.0. The van der Waals surface area contributed by atoms with Gasteiger partial charge in [-0.25, -0.2) is 0 Å². The van der Waals surface area contributed by atoms with Crippen LogP contribution in [0.5, 0.6) is 0 Å². The molecule has 0 aromatic heterocycles. The molecule has 0 aliphatic carbocycles. The second-order valence-corrected chi connectivity index (χ2v) is 5.29. The Bertz CT molecular complexity index is 192. The van der Waals surface area contributed by atoms with Gasteiger partial charge in [0.1, 0.15) is 0 Å². The average Bonchev–Trinajstić information content (AvgIpc) is 2.39. The molecule has 0 rings (SSSR count). The van der Waals surface area contributed by atoms with E-state index in [1.54, 1.807) is 0 Å². The third-order valence-electron chi connectivity index (χ3n) is 3.35. The Morgan fingerprint density at radius 1 is 0.789 bits per heavy atom. The lowest BCUT2D eigenvalue weighted by Gasteiger charge is -2.03. The number of hydrogen-bond acceptors (Lipinski definition) is 2. The van der Waals surface area contributed by atoms with E-state index in [-0.39, 0.29) is 6.42 Å². The molecule has 0 spiro atoms. The van der Waals surface area contributed by atoms with Crippen LogP contribution in [0.25, 0.3) is 0 Å². The van der Waals surface area contributed by atoms with E-state index in [1.807, 2.05) is 0 Å². The molecule has 0 heterocycles. The van der Waals surface area contributed by atoms with E-state index in [0.29, 0.717) is 13.2 Å². The zero-order valence-electron chi connectivity index (χ0n) is 12.7. The number of aliphatic carboxylic acids is 1. The summed E-state index contributed by atoms with van der Waals surface area (Å²) in [6.07, 6.45) is 14.7. The van der Waals surface area contributed by atoms with Crippen LogP contribution in [-0.2, 0) is 9.53 Å². The minimum Gasteiger partial charge on any atom is -0.481 e. The second-order valence-electron chi connectivity index (χ2n) is 5.29. The van der Waals surface area contributed by atoms with Crippen LogP contribution in [0.4, 0.5) is 0 Å². The first-order valence-corrected chi connectivity index (χ1v) is 8.07. The minimum atomic E-state index is -0.779. The number of hydrogen-bond donors (Lipinski definition) is 1. The summed E-state index contributed by atoms with van der Waals surface area (Å²) in [5, 5.41) is 8.42. The van der Waals surface area contributed by atoms with E-state index in [4.69, 9.17) is 9.84 Å². The number of ether oxygens (including phenoxy) is 1. The highest BCUT2D eigenvalue weighted by Gasteiger charge is 1.96. The van der Waals surface area contributed by atoms with E-state index >= 15 is 0 Å². The summed E-state index contributed by atoms with van der Waals surface area (Å²) >= 11 is 0. The molecule has 114 valence electrons. The molecule has 3 nitrogen and oxygen atoms in total. The van der Waals surface area contributed by atoms with Gasteiger partial charge in [0.05, 0.1) is 13.0 Å². The van der Waals surface area contributed by atoms with Crippen molar-refractivity contribution in [2.75, 3.05) is 13.2 Å². The largest absolute Gasteiger partial charge is 0.481 e. The van der Waals surface area contributed by atoms with Crippen LogP contribution in [0.15, 0.2) is 0 Å². The fourth-order valence-electron chi connectivity index (χ4n) is 2.13. The molecule has 0 aliphatic rings. The first kappa shape index (κ1) is 18.4. The van der Waals surface area contributed by atoms with Gasteiger partial charge in [0, 0.05) is 6.61 Å². The summed E-state index contributed by atoms with van der Waals surface area (Å²) in [6.45, 7) is 3.32. The fraction of sp³-hybridized carbons (Fsp3) is 0.938. The molecule has 0 atom stereocenters. The molecule has 0 saturated heterocycles. The number of rotatable bonds is 15. The summed E-state index contributed by atoms with van der Waals surface area (Å²) in [5.74, 6) is -0.779. The van der Waals surface area contributed by atoms with Gasteiger partial charge in [-0.1, -0.05) is 71.1 Å². The van der Waals surface area contributed by atoms with Crippen LogP contribution in [0.1, 0.15) is 84.0 Å². The summed E-state index contributed by atoms with van der Waals surface area (Å²) < 4.78 is 5.25. The Balaban J connectivity index is 2.93. The third kappa shape index (κ3) is 17.4. The zero-order chi connectivity index (χ0) is 14.2. The highest BCUT2D eigenvalue weighted by Crippen LogP contribution is 2.11. The summed E-state index contributed by atoms with van der Waals surface area (Å²) in [6, 6.07) is 0. The van der Waals surface area contributed by atoms with Crippen molar-refractivity contribution in [3.05, 3.63) is 0 Å². The first-order chi connectivity index (χ1) is 9.27. The van der Waals surface area contributed by atoms with Crippen molar-refractivity contribution in [2.24, 2.45) is 0 Å². The lowest BCUT2D eigenvalue weighted by Crippen LogP contribution is -2.03. The van der Waals surface area contributed by atoms with E-state index in [1.165, 1.54) is 64.2 Å². The highest BCUT2D eigenvalue weighted by atomic mass is 16.5. The van der Waals surface area contributed by atoms with Crippen molar-refractivity contribution in [3.8, 4) is 0 Å². The number of carboxylic acids is 1. The molecule has 3 heteroatoms. The average molecular weight is 272 g/mol. The molecule has 0 amide bonds. The predicted octanol–water partition coefficient (Wildman–Crippen LogP) is 4.79. The molecule has 0 radical (unpaired) electrons. The molecule has 0 aromatic rings. The molecule has 1 N–H and O–H groups in total. The van der Waals surface area contributed by atoms with Crippen molar-refractivity contribution in [3.63, 3.8) is 0 Å². The van der Waals surface area contributed by atoms with Crippen molar-refractivity contribution >= 4 is 5.97 Å². The molecule has 0 aliphatic heterocycles. The minimum absolute atomic E-state index is 0.123. The number of unbranched alkanes of at least 4 members (excludes halogenated alkanes) is 10. The first-order valence-electron chi connectivity index (χ1n) is 8.07. The molecule has 0 fully saturated rings. The van der Waals surface area contributed by atoms with E-state index in [9.17, 15) is 4.79 Å². The van der Waals surface area contributed by atoms with Gasteiger partial charge in [0.2, 0.25) is 0 Å². The Morgan fingerprint density at radius 2 is 1.26 bits per heavy atom. The summed E-state index contributed by atoms with van der Waals surface area (Å²) in [7, 11) is 0. The molecule has 0 bridgehead atoms. The highest BCUT2D eigenvalue weighted by molar-refractivity contribution is 5.66. The number of carbonyl (C=O) groups is 1. The van der Waals surface area contributed by atoms with Gasteiger partial charge < -0.3 is 9.84 Å². The van der Waals surface area contributed by atoms with Gasteiger partial charge in [-0.2, -0.15) is 0 Å². The van der Waals surface area contributed by atoms with Crippen LogP contribution >= 0.6 is 0 Å². The summed E-state index contributed by atoms with van der Waals surface area (Å²) in [5.41, 5.74) is 0. The summed E-state index contributed by atoms with van der Waals surface area (Å²) in [4.78, 5) is 10.2. The van der Waals surface area contributed by atoms with Gasteiger partial charge >= 0.3 is 5.97 Å². The van der Waals surface area contributed by atoms with Gasteiger partial charge in [0.15, 0.2) is 0 Å². The van der Waals surface area contributed by atoms with E-state index in [0.717, 1.165) is 6.42 Å². The Hall–Kier alpha value is -0.570. The number of carboxylic acid groups (broad SMARTS) is 1. The fourth-order valence-corrected chi connectivity index (χ4v) is 2.13. The Labute approximate surface area is 118 Å². The van der Waals surface area contributed by atoms with Gasteiger partial charge in [0.25, 0.3) is 0 Å². The Morgan fingerprint density at radius 3 is 1.74 bits per heavy atom. The van der Waals surface area contributed by atoms with Crippen molar-refractivity contribution in [2.45, 2.75) is 84.0 Å². The lowest BCUT2D eigenvalue weighted by molar-refractivity contribution is -0.138. The quantitative estimate of drug-likeness (QED) is 0.436. The molecular formula is C16H32O3. The van der Waals surface area contributed by atoms with Gasteiger partial charge in [-0.15, -0.1) is 0 Å². The normalized spacial score (nSPS) is 10.8. The maximum absolute atomic E-state index is 10.2. The second kappa shape index (κ2) is 15.5. The maximum Gasteiger partial charge on any atom is 0.305 e. The smallest absolute Gasteiger partial charge is 0.305 e. The van der Waals surface area contributed by atoms with E-state index in [2.05, 4.69) is 6.92 Å². The van der Waals surface area contributed by atoms with Crippen LogP contribution < -0.4 is 0 Å². The maximum atomic E-state index is 10.2. The van der Waals surface area contributed by atoms with Crippen LogP contribution in [0.3, 0.4) is 0 Å². The molecule has 0 saturated carbocycles. The van der Waals surface area contributed by atoms with Gasteiger partial charge in [-0.05, 0) is 6.42 Å². The third-order valence-corrected chi connectivity index (χ3v) is 3.35.